The fourth-order valence-electron chi connectivity index (χ4n) is 4.17. The summed E-state index contributed by atoms with van der Waals surface area (Å²) >= 11 is 0. The quantitative estimate of drug-likeness (QED) is 0.583. The Morgan fingerprint density at radius 1 is 1.21 bits per heavy atom. The van der Waals surface area contributed by atoms with Gasteiger partial charge in [0.05, 0.1) is 5.41 Å². The van der Waals surface area contributed by atoms with E-state index in [1.807, 2.05) is 30.3 Å². The summed E-state index contributed by atoms with van der Waals surface area (Å²) in [4.78, 5) is 27.6. The van der Waals surface area contributed by atoms with Crippen molar-refractivity contribution in [3.63, 3.8) is 0 Å². The van der Waals surface area contributed by atoms with Gasteiger partial charge in [-0.25, -0.2) is 0 Å². The maximum Gasteiger partial charge on any atom is 0.499 e. The van der Waals surface area contributed by atoms with Gasteiger partial charge in [0.1, 0.15) is 19.4 Å². The van der Waals surface area contributed by atoms with Gasteiger partial charge < -0.3 is 19.9 Å². The Labute approximate surface area is 168 Å². The first kappa shape index (κ1) is 19.6. The number of nitrogen functional groups attached to an aromatic ring is 1. The molecule has 0 bridgehead atoms. The molecule has 2 aliphatic rings. The van der Waals surface area contributed by atoms with Gasteiger partial charge in [-0.2, -0.15) is 14.3 Å². The summed E-state index contributed by atoms with van der Waals surface area (Å²) in [6.07, 6.45) is 4.92. The van der Waals surface area contributed by atoms with Crippen LogP contribution in [0.5, 0.6) is 0 Å². The summed E-state index contributed by atoms with van der Waals surface area (Å²) < 4.78 is 18.3. The maximum absolute atomic E-state index is 13.1. The number of H-pyrrole nitrogens is 1. The van der Waals surface area contributed by atoms with E-state index < -0.39 is 17.9 Å². The number of aromatic amines is 1. The lowest BCUT2D eigenvalue weighted by atomic mass is 9.69. The van der Waals surface area contributed by atoms with Gasteiger partial charge in [-0.3, -0.25) is 4.79 Å². The van der Waals surface area contributed by atoms with Crippen LogP contribution < -0.4 is 16.0 Å². The van der Waals surface area contributed by atoms with Gasteiger partial charge in [-0.15, -0.1) is 0 Å². The minimum atomic E-state index is -0.718. The van der Waals surface area contributed by atoms with Gasteiger partial charge in [-0.05, 0) is 18.4 Å². The highest BCUT2D eigenvalue weighted by molar-refractivity contribution is 5.83. The lowest BCUT2D eigenvalue weighted by Gasteiger charge is -2.35. The maximum atomic E-state index is 13.1. The summed E-state index contributed by atoms with van der Waals surface area (Å²) in [5.41, 5.74) is 5.57. The van der Waals surface area contributed by atoms with E-state index in [1.165, 1.54) is 4.57 Å². The zero-order valence-electron chi connectivity index (χ0n) is 16.2. The highest BCUT2D eigenvalue weighted by Crippen LogP contribution is 2.40. The van der Waals surface area contributed by atoms with E-state index in [2.05, 4.69) is 4.98 Å². The number of hydrogen-bond donors (Lipinski definition) is 2. The molecular weight excluding hydrogens is 374 g/mol. The fraction of sp³-hybridized carbons (Fsp3) is 0.476. The first-order chi connectivity index (χ1) is 14.1. The van der Waals surface area contributed by atoms with Crippen molar-refractivity contribution in [1.82, 2.24) is 4.98 Å². The Balaban J connectivity index is 1.40. The number of ether oxygens (including phenoxy) is 3. The van der Waals surface area contributed by atoms with Crippen LogP contribution in [0.1, 0.15) is 43.9 Å². The van der Waals surface area contributed by atoms with E-state index in [9.17, 15) is 9.59 Å². The molecule has 2 heterocycles. The molecule has 3 N–H and O–H groups in total. The Morgan fingerprint density at radius 3 is 2.69 bits per heavy atom. The zero-order chi connectivity index (χ0) is 20.3. The van der Waals surface area contributed by atoms with Crippen LogP contribution >= 0.6 is 0 Å². The number of nitrogens with two attached hydrogens (primary N) is 1. The predicted octanol–water partition coefficient (Wildman–Crippen LogP) is 1.56. The minimum absolute atomic E-state index is 0.0165. The molecule has 0 amide bonds. The zero-order valence-corrected chi connectivity index (χ0v) is 16.2. The van der Waals surface area contributed by atoms with Crippen molar-refractivity contribution in [2.24, 2.45) is 0 Å². The third-order valence-corrected chi connectivity index (χ3v) is 5.72. The highest BCUT2D eigenvalue weighted by atomic mass is 16.7. The molecule has 1 aromatic carbocycles. The van der Waals surface area contributed by atoms with Crippen molar-refractivity contribution in [3.8, 4) is 0 Å². The van der Waals surface area contributed by atoms with E-state index in [-0.39, 0.29) is 30.7 Å². The molecule has 8 heteroatoms. The first-order valence-corrected chi connectivity index (χ1v) is 9.98. The van der Waals surface area contributed by atoms with Crippen molar-refractivity contribution < 1.29 is 23.6 Å². The average Bonchev–Trinajstić information content (AvgIpc) is 3.22. The third-order valence-electron chi connectivity index (χ3n) is 5.72. The van der Waals surface area contributed by atoms with E-state index in [0.29, 0.717) is 0 Å². The molecule has 2 fully saturated rings. The number of nitrogens with one attached hydrogen (secondary N) is 1. The summed E-state index contributed by atoms with van der Waals surface area (Å²) in [7, 11) is 0. The second kappa shape index (κ2) is 8.34. The third kappa shape index (κ3) is 4.04. The van der Waals surface area contributed by atoms with Gasteiger partial charge in [-0.1, -0.05) is 49.6 Å². The van der Waals surface area contributed by atoms with Crippen LogP contribution in [-0.4, -0.2) is 30.5 Å². The van der Waals surface area contributed by atoms with Crippen molar-refractivity contribution in [1.29, 1.82) is 0 Å². The fourth-order valence-corrected chi connectivity index (χ4v) is 4.17. The molecule has 0 unspecified atom stereocenters. The Morgan fingerprint density at radius 2 is 1.97 bits per heavy atom. The minimum Gasteiger partial charge on any atom is -0.460 e. The van der Waals surface area contributed by atoms with Crippen LogP contribution in [0.2, 0.25) is 0 Å². The molecule has 8 nitrogen and oxygen atoms in total. The van der Waals surface area contributed by atoms with Crippen molar-refractivity contribution in [3.05, 3.63) is 58.6 Å². The smallest absolute Gasteiger partial charge is 0.460 e. The standard InChI is InChI=1S/C21H25N3O5/c22-16-9-12-24(20(26)23-16)17-13-27-18(29-17)14-28-19(25)21(10-5-2-6-11-21)15-7-3-1-4-8-15/h1,3-4,7-9,12,17-18H,2,5-6,10-11,13-14H2,(H2,22,23,26)/p+1/t17-,18-/m0/s1. The molecule has 0 spiro atoms. The molecule has 1 aliphatic carbocycles. The Kier molecular flexibility index (Phi) is 5.64. The van der Waals surface area contributed by atoms with Crippen LogP contribution in [0.3, 0.4) is 0 Å². The Hall–Kier alpha value is -2.71. The molecule has 2 aromatic rings. The second-order valence-corrected chi connectivity index (χ2v) is 7.57. The largest absolute Gasteiger partial charge is 0.499 e. The number of benzene rings is 1. The predicted molar refractivity (Wildman–Crippen MR) is 104 cm³/mol. The summed E-state index contributed by atoms with van der Waals surface area (Å²) in [6, 6.07) is 11.4. The number of aromatic nitrogens is 2. The Bertz CT molecular complexity index is 908. The topological polar surface area (TPSA) is 108 Å². The van der Waals surface area contributed by atoms with Crippen molar-refractivity contribution in [2.75, 3.05) is 18.9 Å². The number of nitrogens with zero attached hydrogens (tertiary/aromatic N) is 1. The monoisotopic (exact) mass is 400 g/mol. The lowest BCUT2D eigenvalue weighted by Crippen LogP contribution is -2.55. The van der Waals surface area contributed by atoms with E-state index >= 15 is 0 Å². The molecule has 29 heavy (non-hydrogen) atoms. The molecule has 1 saturated heterocycles. The first-order valence-electron chi connectivity index (χ1n) is 9.98. The highest BCUT2D eigenvalue weighted by Gasteiger charge is 2.43. The van der Waals surface area contributed by atoms with E-state index in [1.54, 1.807) is 12.3 Å². The van der Waals surface area contributed by atoms with Crippen LogP contribution in [0.15, 0.2) is 47.4 Å². The molecule has 1 aromatic heterocycles. The van der Waals surface area contributed by atoms with E-state index in [0.717, 1.165) is 37.7 Å². The van der Waals surface area contributed by atoms with Gasteiger partial charge >= 0.3 is 11.7 Å². The van der Waals surface area contributed by atoms with E-state index in [4.69, 9.17) is 19.9 Å². The number of esters is 1. The lowest BCUT2D eigenvalue weighted by molar-refractivity contribution is -0.771. The average molecular weight is 400 g/mol. The molecule has 1 aliphatic heterocycles. The normalized spacial score (nSPS) is 23.6. The van der Waals surface area contributed by atoms with Gasteiger partial charge in [0.2, 0.25) is 6.23 Å². The molecule has 4 rings (SSSR count). The van der Waals surface area contributed by atoms with Crippen LogP contribution in [-0.2, 0) is 24.4 Å². The van der Waals surface area contributed by atoms with Gasteiger partial charge in [0, 0.05) is 6.07 Å². The molecule has 1 saturated carbocycles. The van der Waals surface area contributed by atoms with Crippen molar-refractivity contribution in [2.45, 2.75) is 50.0 Å². The molecular formula is C21H26N3O5+. The number of carbonyl (C=O) groups is 1. The molecule has 0 radical (unpaired) electrons. The summed E-state index contributed by atoms with van der Waals surface area (Å²) in [5, 5.41) is 0. The summed E-state index contributed by atoms with van der Waals surface area (Å²) in [5.74, 6) is 0.0337. The molecule has 154 valence electrons. The SMILES string of the molecule is Nc1cc[n+]([C@@H]2CO[C@H](COC(=O)C3(c4ccccc4)CCCCC3)O2)c(=O)[nH]1. The molecule has 2 atom stereocenters. The second-order valence-electron chi connectivity index (χ2n) is 7.57. The number of anilines is 1. The number of rotatable bonds is 5. The van der Waals surface area contributed by atoms with Crippen LogP contribution in [0.4, 0.5) is 5.82 Å². The number of carbonyl (C=O) groups excluding carboxylic acids is 1. The van der Waals surface area contributed by atoms with Crippen molar-refractivity contribution >= 4 is 11.8 Å². The van der Waals surface area contributed by atoms with Gasteiger partial charge in [0.25, 0.3) is 0 Å². The number of hydrogen-bond acceptors (Lipinski definition) is 6. The summed E-state index contributed by atoms with van der Waals surface area (Å²) in [6.45, 7) is 0.168. The van der Waals surface area contributed by atoms with Crippen LogP contribution in [0, 0.1) is 0 Å². The van der Waals surface area contributed by atoms with Crippen LogP contribution in [0.25, 0.3) is 0 Å². The van der Waals surface area contributed by atoms with Gasteiger partial charge in [0.15, 0.2) is 12.1 Å².